The third-order valence-corrected chi connectivity index (χ3v) is 4.75. The fourth-order valence-corrected chi connectivity index (χ4v) is 3.33. The summed E-state index contributed by atoms with van der Waals surface area (Å²) in [5.41, 5.74) is 2.92. The first-order chi connectivity index (χ1) is 13.4. The first-order valence-corrected chi connectivity index (χ1v) is 9.32. The number of halogens is 1. The third-order valence-electron chi connectivity index (χ3n) is 4.75. The van der Waals surface area contributed by atoms with E-state index in [1.807, 2.05) is 24.0 Å². The van der Waals surface area contributed by atoms with Gasteiger partial charge in [0.25, 0.3) is 0 Å². The number of piperazine rings is 1. The number of hydrogen-bond acceptors (Lipinski definition) is 4. The molecule has 1 fully saturated rings. The van der Waals surface area contributed by atoms with E-state index in [4.69, 9.17) is 0 Å². The second-order valence-corrected chi connectivity index (χ2v) is 6.97. The fourth-order valence-electron chi connectivity index (χ4n) is 3.33. The topological polar surface area (TPSA) is 64.7 Å². The van der Waals surface area contributed by atoms with Crippen molar-refractivity contribution in [2.45, 2.75) is 13.8 Å². The second-order valence-electron chi connectivity index (χ2n) is 6.97. The molecule has 2 aromatic carbocycles. The molecule has 0 unspecified atom stereocenters. The molecular formula is C21H25FN4O2. The Hall–Kier alpha value is -2.93. The van der Waals surface area contributed by atoms with E-state index in [9.17, 15) is 14.0 Å². The van der Waals surface area contributed by atoms with Crippen LogP contribution in [-0.2, 0) is 9.59 Å². The lowest BCUT2D eigenvalue weighted by molar-refractivity contribution is -0.117. The summed E-state index contributed by atoms with van der Waals surface area (Å²) in [4.78, 5) is 27.6. The number of hydrogen-bond donors (Lipinski definition) is 2. The van der Waals surface area contributed by atoms with Gasteiger partial charge >= 0.3 is 0 Å². The summed E-state index contributed by atoms with van der Waals surface area (Å²) >= 11 is 0. The lowest BCUT2D eigenvalue weighted by Gasteiger charge is -2.35. The van der Waals surface area contributed by atoms with Crippen molar-refractivity contribution in [2.75, 3.05) is 48.3 Å². The van der Waals surface area contributed by atoms with Gasteiger partial charge in [0.05, 0.1) is 12.2 Å². The standard InChI is InChI=1S/C21H25FN4O2/c1-15-13-17(7-8-19(15)23-16(2)27)24-21(28)14-25-9-11-26(12-10-25)20-6-4-3-5-18(20)22/h3-8,13H,9-12,14H2,1-2H3,(H,23,27)(H,24,28). The van der Waals surface area contributed by atoms with Gasteiger partial charge in [-0.2, -0.15) is 0 Å². The van der Waals surface area contributed by atoms with Crippen LogP contribution in [0.4, 0.5) is 21.5 Å². The largest absolute Gasteiger partial charge is 0.367 e. The molecule has 0 radical (unpaired) electrons. The first kappa shape index (κ1) is 19.8. The van der Waals surface area contributed by atoms with E-state index < -0.39 is 0 Å². The van der Waals surface area contributed by atoms with Crippen LogP contribution in [0.5, 0.6) is 0 Å². The average Bonchev–Trinajstić information content (AvgIpc) is 2.65. The summed E-state index contributed by atoms with van der Waals surface area (Å²) in [5.74, 6) is -0.438. The van der Waals surface area contributed by atoms with Crippen LogP contribution in [0.2, 0.25) is 0 Å². The summed E-state index contributed by atoms with van der Waals surface area (Å²) < 4.78 is 13.9. The Morgan fingerprint density at radius 1 is 1.04 bits per heavy atom. The van der Waals surface area contributed by atoms with E-state index in [0.29, 0.717) is 37.6 Å². The first-order valence-electron chi connectivity index (χ1n) is 9.32. The minimum atomic E-state index is -0.216. The molecule has 28 heavy (non-hydrogen) atoms. The molecule has 0 aliphatic carbocycles. The summed E-state index contributed by atoms with van der Waals surface area (Å²) in [6.45, 7) is 6.38. The number of carbonyl (C=O) groups excluding carboxylic acids is 2. The van der Waals surface area contributed by atoms with Crippen molar-refractivity contribution in [1.82, 2.24) is 4.90 Å². The van der Waals surface area contributed by atoms with E-state index in [-0.39, 0.29) is 24.2 Å². The molecule has 1 heterocycles. The number of anilines is 3. The maximum Gasteiger partial charge on any atom is 0.238 e. The summed E-state index contributed by atoms with van der Waals surface area (Å²) in [6, 6.07) is 12.1. The van der Waals surface area contributed by atoms with Gasteiger partial charge in [-0.3, -0.25) is 14.5 Å². The van der Waals surface area contributed by atoms with Crippen LogP contribution < -0.4 is 15.5 Å². The van der Waals surface area contributed by atoms with Gasteiger partial charge in [0.15, 0.2) is 0 Å². The molecule has 2 amide bonds. The van der Waals surface area contributed by atoms with E-state index >= 15 is 0 Å². The Morgan fingerprint density at radius 3 is 2.39 bits per heavy atom. The predicted octanol–water partition coefficient (Wildman–Crippen LogP) is 2.85. The lowest BCUT2D eigenvalue weighted by atomic mass is 10.1. The number of carbonyl (C=O) groups is 2. The van der Waals surface area contributed by atoms with Gasteiger partial charge in [0, 0.05) is 44.5 Å². The molecule has 7 heteroatoms. The smallest absolute Gasteiger partial charge is 0.238 e. The van der Waals surface area contributed by atoms with Crippen LogP contribution in [-0.4, -0.2) is 49.4 Å². The predicted molar refractivity (Wildman–Crippen MR) is 109 cm³/mol. The highest BCUT2D eigenvalue weighted by atomic mass is 19.1. The van der Waals surface area contributed by atoms with Crippen LogP contribution >= 0.6 is 0 Å². The average molecular weight is 384 g/mol. The van der Waals surface area contributed by atoms with E-state index in [2.05, 4.69) is 15.5 Å². The van der Waals surface area contributed by atoms with Gasteiger partial charge in [0.1, 0.15) is 5.82 Å². The summed E-state index contributed by atoms with van der Waals surface area (Å²) in [7, 11) is 0. The summed E-state index contributed by atoms with van der Waals surface area (Å²) in [6.07, 6.45) is 0. The van der Waals surface area contributed by atoms with Crippen molar-refractivity contribution in [3.05, 3.63) is 53.8 Å². The van der Waals surface area contributed by atoms with Crippen molar-refractivity contribution in [3.63, 3.8) is 0 Å². The number of benzene rings is 2. The molecule has 3 rings (SSSR count). The lowest BCUT2D eigenvalue weighted by Crippen LogP contribution is -2.48. The molecular weight excluding hydrogens is 359 g/mol. The van der Waals surface area contributed by atoms with E-state index in [1.165, 1.54) is 13.0 Å². The van der Waals surface area contributed by atoms with Crippen LogP contribution in [0.15, 0.2) is 42.5 Å². The molecule has 1 aliphatic heterocycles. The highest BCUT2D eigenvalue weighted by Gasteiger charge is 2.21. The quantitative estimate of drug-likeness (QED) is 0.832. The highest BCUT2D eigenvalue weighted by molar-refractivity contribution is 5.94. The monoisotopic (exact) mass is 384 g/mol. The molecule has 0 saturated carbocycles. The zero-order valence-corrected chi connectivity index (χ0v) is 16.2. The maximum absolute atomic E-state index is 13.9. The molecule has 0 atom stereocenters. The zero-order chi connectivity index (χ0) is 20.1. The summed E-state index contributed by atoms with van der Waals surface area (Å²) in [5, 5.41) is 5.65. The van der Waals surface area contributed by atoms with E-state index in [1.54, 1.807) is 24.3 Å². The van der Waals surface area contributed by atoms with Gasteiger partial charge in [0.2, 0.25) is 11.8 Å². The number of nitrogens with one attached hydrogen (secondary N) is 2. The Balaban J connectivity index is 1.50. The van der Waals surface area contributed by atoms with Crippen LogP contribution in [0.1, 0.15) is 12.5 Å². The number of aryl methyl sites for hydroxylation is 1. The molecule has 6 nitrogen and oxygen atoms in total. The number of nitrogens with zero attached hydrogens (tertiary/aromatic N) is 2. The van der Waals surface area contributed by atoms with Crippen molar-refractivity contribution < 1.29 is 14.0 Å². The molecule has 2 aromatic rings. The van der Waals surface area contributed by atoms with Crippen molar-refractivity contribution >= 4 is 28.9 Å². The van der Waals surface area contributed by atoms with Gasteiger partial charge in [-0.15, -0.1) is 0 Å². The number of para-hydroxylation sites is 1. The number of amides is 2. The van der Waals surface area contributed by atoms with Crippen LogP contribution in [0, 0.1) is 12.7 Å². The van der Waals surface area contributed by atoms with Gasteiger partial charge in [-0.25, -0.2) is 4.39 Å². The number of rotatable bonds is 5. The Labute approximate surface area is 164 Å². The second kappa shape index (κ2) is 8.84. The minimum absolute atomic E-state index is 0.0916. The van der Waals surface area contributed by atoms with Crippen LogP contribution in [0.3, 0.4) is 0 Å². The molecule has 0 aromatic heterocycles. The molecule has 0 bridgehead atoms. The fraction of sp³-hybridized carbons (Fsp3) is 0.333. The molecule has 1 saturated heterocycles. The molecule has 2 N–H and O–H groups in total. The van der Waals surface area contributed by atoms with E-state index in [0.717, 1.165) is 11.3 Å². The third kappa shape index (κ3) is 5.07. The molecule has 148 valence electrons. The Morgan fingerprint density at radius 2 is 1.75 bits per heavy atom. The van der Waals surface area contributed by atoms with Crippen molar-refractivity contribution in [2.24, 2.45) is 0 Å². The van der Waals surface area contributed by atoms with Crippen molar-refractivity contribution in [1.29, 1.82) is 0 Å². The normalized spacial score (nSPS) is 14.6. The van der Waals surface area contributed by atoms with Gasteiger partial charge in [-0.05, 0) is 42.8 Å². The highest BCUT2D eigenvalue weighted by Crippen LogP contribution is 2.21. The molecule has 1 aliphatic rings. The van der Waals surface area contributed by atoms with Gasteiger partial charge in [-0.1, -0.05) is 12.1 Å². The Kier molecular flexibility index (Phi) is 6.26. The minimum Gasteiger partial charge on any atom is -0.367 e. The SMILES string of the molecule is CC(=O)Nc1ccc(NC(=O)CN2CCN(c3ccccc3F)CC2)cc1C. The van der Waals surface area contributed by atoms with Crippen molar-refractivity contribution in [3.8, 4) is 0 Å². The Bertz CT molecular complexity index is 863. The van der Waals surface area contributed by atoms with Gasteiger partial charge < -0.3 is 15.5 Å². The maximum atomic E-state index is 13.9. The molecule has 0 spiro atoms. The van der Waals surface area contributed by atoms with Crippen LogP contribution in [0.25, 0.3) is 0 Å². The zero-order valence-electron chi connectivity index (χ0n) is 16.2.